The van der Waals surface area contributed by atoms with E-state index in [1.165, 1.54) is 0 Å². The zero-order chi connectivity index (χ0) is 15.4. The first-order valence-corrected chi connectivity index (χ1v) is 7.03. The van der Waals surface area contributed by atoms with E-state index in [1.54, 1.807) is 30.8 Å². The average molecular weight is 297 g/mol. The molecule has 0 spiro atoms. The minimum atomic E-state index is 0.422. The van der Waals surface area contributed by atoms with Crippen LogP contribution in [0.2, 0.25) is 0 Å². The van der Waals surface area contributed by atoms with E-state index in [-0.39, 0.29) is 0 Å². The van der Waals surface area contributed by atoms with Gasteiger partial charge in [-0.3, -0.25) is 4.98 Å². The Morgan fingerprint density at radius 1 is 1.23 bits per heavy atom. The van der Waals surface area contributed by atoms with Crippen LogP contribution in [0.4, 0.5) is 0 Å². The van der Waals surface area contributed by atoms with Crippen molar-refractivity contribution in [3.8, 4) is 22.6 Å². The van der Waals surface area contributed by atoms with Crippen LogP contribution in [0.15, 0.2) is 53.5 Å². The molecule has 5 heteroatoms. The predicted octanol–water partition coefficient (Wildman–Crippen LogP) is 3.10. The number of aromatic nitrogens is 2. The standard InChI is InChI=1S/C17H16N2O3/c1-12-15(3-2-7-18-12)16-5-4-14(20)9-17(16)21-8-6-13-10-19-22-11-13/h2-5,7,9-11,20H,6,8H2,1H3/p+1. The van der Waals surface area contributed by atoms with Crippen LogP contribution in [0, 0.1) is 6.92 Å². The van der Waals surface area contributed by atoms with Crippen molar-refractivity contribution >= 4 is 0 Å². The highest BCUT2D eigenvalue weighted by molar-refractivity contribution is 5.73. The maximum Gasteiger partial charge on any atom is 0.257 e. The molecular weight excluding hydrogens is 280 g/mol. The normalized spacial score (nSPS) is 10.6. The summed E-state index contributed by atoms with van der Waals surface area (Å²) in [7, 11) is 0. The zero-order valence-corrected chi connectivity index (χ0v) is 12.2. The van der Waals surface area contributed by atoms with E-state index in [1.807, 2.05) is 25.1 Å². The second kappa shape index (κ2) is 6.30. The molecule has 0 unspecified atom stereocenters. The predicted molar refractivity (Wildman–Crippen MR) is 83.2 cm³/mol. The van der Waals surface area contributed by atoms with Gasteiger partial charge in [0, 0.05) is 41.1 Å². The van der Waals surface area contributed by atoms with Gasteiger partial charge in [-0.1, -0.05) is 11.2 Å². The quantitative estimate of drug-likeness (QED) is 0.678. The van der Waals surface area contributed by atoms with E-state index >= 15 is 0 Å². The second-order valence-electron chi connectivity index (χ2n) is 4.98. The maximum atomic E-state index is 7.80. The lowest BCUT2D eigenvalue weighted by molar-refractivity contribution is 0.320. The van der Waals surface area contributed by atoms with Crippen LogP contribution in [-0.4, -0.2) is 21.9 Å². The fourth-order valence-electron chi connectivity index (χ4n) is 2.26. The summed E-state index contributed by atoms with van der Waals surface area (Å²) in [5.74, 6) is 1.12. The summed E-state index contributed by atoms with van der Waals surface area (Å²) < 4.78 is 10.7. The van der Waals surface area contributed by atoms with Crippen molar-refractivity contribution in [2.45, 2.75) is 13.3 Å². The van der Waals surface area contributed by atoms with Crippen LogP contribution in [0.5, 0.6) is 11.5 Å². The molecule has 0 bridgehead atoms. The van der Waals surface area contributed by atoms with Gasteiger partial charge in [0.25, 0.3) is 5.75 Å². The molecule has 2 heterocycles. The van der Waals surface area contributed by atoms with Gasteiger partial charge in [-0.05, 0) is 19.1 Å². The summed E-state index contributed by atoms with van der Waals surface area (Å²) in [6.45, 7) is 2.46. The van der Waals surface area contributed by atoms with Gasteiger partial charge in [0.1, 0.15) is 12.0 Å². The van der Waals surface area contributed by atoms with E-state index in [2.05, 4.69) is 10.1 Å². The Labute approximate surface area is 128 Å². The van der Waals surface area contributed by atoms with Gasteiger partial charge < -0.3 is 14.4 Å². The van der Waals surface area contributed by atoms with Crippen molar-refractivity contribution in [2.75, 3.05) is 6.61 Å². The second-order valence-corrected chi connectivity index (χ2v) is 4.98. The zero-order valence-electron chi connectivity index (χ0n) is 12.2. The van der Waals surface area contributed by atoms with E-state index in [4.69, 9.17) is 14.4 Å². The smallest absolute Gasteiger partial charge is 0.257 e. The molecule has 2 aromatic heterocycles. The minimum absolute atomic E-state index is 0.422. The Kier molecular flexibility index (Phi) is 4.05. The molecule has 0 saturated carbocycles. The van der Waals surface area contributed by atoms with Crippen molar-refractivity contribution in [1.29, 1.82) is 0 Å². The molecule has 0 fully saturated rings. The molecule has 0 aliphatic heterocycles. The van der Waals surface area contributed by atoms with Gasteiger partial charge in [0.05, 0.1) is 18.9 Å². The fourth-order valence-corrected chi connectivity index (χ4v) is 2.26. The number of hydrogen-bond acceptors (Lipinski definition) is 4. The highest BCUT2D eigenvalue weighted by Crippen LogP contribution is 2.34. The summed E-state index contributed by atoms with van der Waals surface area (Å²) >= 11 is 0. The van der Waals surface area contributed by atoms with E-state index in [0.717, 1.165) is 22.4 Å². The van der Waals surface area contributed by atoms with Gasteiger partial charge in [0.15, 0.2) is 0 Å². The highest BCUT2D eigenvalue weighted by Gasteiger charge is 2.12. The lowest BCUT2D eigenvalue weighted by atomic mass is 10.0. The van der Waals surface area contributed by atoms with Crippen LogP contribution in [0.1, 0.15) is 11.3 Å². The van der Waals surface area contributed by atoms with Gasteiger partial charge in [-0.2, -0.15) is 0 Å². The largest absolute Gasteiger partial charge is 0.593 e. The molecular formula is C17H17N2O3+. The molecule has 3 rings (SSSR count). The number of ether oxygens (including phenoxy) is 1. The number of nitrogens with zero attached hydrogens (tertiary/aromatic N) is 2. The molecule has 0 aliphatic carbocycles. The van der Waals surface area contributed by atoms with Crippen LogP contribution in [0.25, 0.3) is 11.1 Å². The number of hydrogen-bond donors (Lipinski definition) is 0. The average Bonchev–Trinajstić information content (AvgIpc) is 3.02. The molecule has 22 heavy (non-hydrogen) atoms. The molecule has 0 aliphatic rings. The molecule has 1 aromatic carbocycles. The highest BCUT2D eigenvalue weighted by atomic mass is 16.5. The number of aryl methyl sites for hydroxylation is 1. The molecule has 0 amide bonds. The van der Waals surface area contributed by atoms with Crippen molar-refractivity contribution in [1.82, 2.24) is 10.1 Å². The summed E-state index contributed by atoms with van der Waals surface area (Å²) in [6, 6.07) is 9.30. The van der Waals surface area contributed by atoms with Gasteiger partial charge >= 0.3 is 0 Å². The molecule has 0 radical (unpaired) electrons. The molecule has 3 aromatic rings. The van der Waals surface area contributed by atoms with Crippen LogP contribution >= 0.6 is 0 Å². The van der Waals surface area contributed by atoms with Crippen molar-refractivity contribution in [3.05, 3.63) is 60.2 Å². The fraction of sp³-hybridized carbons (Fsp3) is 0.176. The first-order chi connectivity index (χ1) is 10.7. The van der Waals surface area contributed by atoms with Crippen molar-refractivity contribution < 1.29 is 14.4 Å². The molecule has 5 nitrogen and oxygen atoms in total. The van der Waals surface area contributed by atoms with E-state index in [0.29, 0.717) is 24.5 Å². The first-order valence-electron chi connectivity index (χ1n) is 7.03. The third kappa shape index (κ3) is 3.09. The Bertz CT molecular complexity index is 754. The van der Waals surface area contributed by atoms with Crippen LogP contribution in [0.3, 0.4) is 0 Å². The molecule has 0 atom stereocenters. The summed E-state index contributed by atoms with van der Waals surface area (Å²) in [5, 5.41) is 11.5. The van der Waals surface area contributed by atoms with Crippen LogP contribution < -0.4 is 4.74 Å². The monoisotopic (exact) mass is 297 g/mol. The molecule has 2 N–H and O–H groups in total. The van der Waals surface area contributed by atoms with Crippen molar-refractivity contribution in [3.63, 3.8) is 0 Å². The van der Waals surface area contributed by atoms with Gasteiger partial charge in [0.2, 0.25) is 0 Å². The third-order valence-electron chi connectivity index (χ3n) is 3.41. The lowest BCUT2D eigenvalue weighted by Crippen LogP contribution is -2.02. The number of benzene rings is 1. The first kappa shape index (κ1) is 14.1. The Balaban J connectivity index is 1.83. The number of rotatable bonds is 5. The SMILES string of the molecule is Cc1ncccc1-c1ccc([OH2+])cc1OCCc1cnoc1. The van der Waals surface area contributed by atoms with Gasteiger partial charge in [-0.25, -0.2) is 0 Å². The van der Waals surface area contributed by atoms with Crippen LogP contribution in [-0.2, 0) is 6.42 Å². The Morgan fingerprint density at radius 2 is 2.14 bits per heavy atom. The summed E-state index contributed by atoms with van der Waals surface area (Å²) in [6.07, 6.45) is 5.76. The van der Waals surface area contributed by atoms with E-state index in [9.17, 15) is 0 Å². The molecule has 0 saturated heterocycles. The third-order valence-corrected chi connectivity index (χ3v) is 3.41. The van der Waals surface area contributed by atoms with Crippen molar-refractivity contribution in [2.24, 2.45) is 0 Å². The Hall–Kier alpha value is -2.82. The maximum absolute atomic E-state index is 7.80. The number of pyridine rings is 1. The summed E-state index contributed by atoms with van der Waals surface area (Å²) in [5.41, 5.74) is 3.89. The lowest BCUT2D eigenvalue weighted by Gasteiger charge is -2.12. The van der Waals surface area contributed by atoms with Gasteiger partial charge in [-0.15, -0.1) is 0 Å². The topological polar surface area (TPSA) is 71.0 Å². The summed E-state index contributed by atoms with van der Waals surface area (Å²) in [4.78, 5) is 4.32. The van der Waals surface area contributed by atoms with E-state index < -0.39 is 0 Å². The molecule has 112 valence electrons. The minimum Gasteiger partial charge on any atom is -0.593 e. The Morgan fingerprint density at radius 3 is 2.91 bits per heavy atom.